The lowest BCUT2D eigenvalue weighted by Gasteiger charge is -2.43. The lowest BCUT2D eigenvalue weighted by atomic mass is 9.83. The van der Waals surface area contributed by atoms with Crippen LogP contribution in [-0.4, -0.2) is 37.5 Å². The van der Waals surface area contributed by atoms with E-state index in [0.29, 0.717) is 12.0 Å². The normalized spacial score (nSPS) is 32.1. The Labute approximate surface area is 127 Å². The molecule has 4 heteroatoms. The molecular formula is C17H25N3O. The van der Waals surface area contributed by atoms with Crippen LogP contribution in [0.15, 0.2) is 23.2 Å². The molecule has 114 valence electrons. The van der Waals surface area contributed by atoms with Crippen molar-refractivity contribution >= 4 is 12.4 Å². The number of methoxy groups -OCH3 is 1. The van der Waals surface area contributed by atoms with Crippen LogP contribution in [0.25, 0.3) is 0 Å². The van der Waals surface area contributed by atoms with Crippen molar-refractivity contribution in [2.24, 2.45) is 10.9 Å². The number of benzene rings is 1. The molecular weight excluding hydrogens is 262 g/mol. The number of ether oxygens (including phenoxy) is 1. The molecule has 0 amide bonds. The minimum absolute atomic E-state index is 0.0329. The molecule has 2 fully saturated rings. The number of anilines is 1. The van der Waals surface area contributed by atoms with E-state index in [1.807, 2.05) is 12.1 Å². The van der Waals surface area contributed by atoms with Crippen molar-refractivity contribution in [3.8, 4) is 5.75 Å². The zero-order chi connectivity index (χ0) is 15.0. The second kappa shape index (κ2) is 5.34. The van der Waals surface area contributed by atoms with E-state index >= 15 is 0 Å². The van der Waals surface area contributed by atoms with Gasteiger partial charge in [-0.3, -0.25) is 9.89 Å². The molecule has 1 aromatic carbocycles. The maximum Gasteiger partial charge on any atom is 0.120 e. The average Bonchev–Trinajstić information content (AvgIpc) is 2.69. The number of fused-ring (bicyclic) bond motifs is 2. The van der Waals surface area contributed by atoms with Crippen molar-refractivity contribution in [3.63, 3.8) is 0 Å². The SMILES string of the molecule is C=N[C@@]12CC[C@@H](CC(Cc3ccc(OC)cc3N)C1)N2C. The molecule has 2 heterocycles. The quantitative estimate of drug-likeness (QED) is 0.684. The number of nitrogens with two attached hydrogens (primary N) is 1. The molecule has 3 rings (SSSR count). The van der Waals surface area contributed by atoms with Gasteiger partial charge in [0, 0.05) is 17.8 Å². The maximum atomic E-state index is 6.17. The Kier molecular flexibility index (Phi) is 3.66. The number of hydrogen-bond donors (Lipinski definition) is 1. The smallest absolute Gasteiger partial charge is 0.120 e. The minimum Gasteiger partial charge on any atom is -0.497 e. The van der Waals surface area contributed by atoms with E-state index in [1.54, 1.807) is 7.11 Å². The summed E-state index contributed by atoms with van der Waals surface area (Å²) in [4.78, 5) is 6.92. The first-order chi connectivity index (χ1) is 10.1. The Balaban J connectivity index is 1.76. The van der Waals surface area contributed by atoms with E-state index in [9.17, 15) is 0 Å². The molecule has 2 aliphatic rings. The number of piperidine rings is 1. The number of nitrogen functional groups attached to an aromatic ring is 1. The zero-order valence-corrected chi connectivity index (χ0v) is 13.0. The summed E-state index contributed by atoms with van der Waals surface area (Å²) in [5.41, 5.74) is 8.19. The molecule has 0 radical (unpaired) electrons. The van der Waals surface area contributed by atoms with Crippen molar-refractivity contribution in [2.45, 2.75) is 43.8 Å². The van der Waals surface area contributed by atoms with Gasteiger partial charge in [0.15, 0.2) is 0 Å². The first-order valence-electron chi connectivity index (χ1n) is 7.71. The molecule has 1 unspecified atom stereocenters. The Morgan fingerprint density at radius 1 is 1.52 bits per heavy atom. The summed E-state index contributed by atoms with van der Waals surface area (Å²) in [6, 6.07) is 6.66. The van der Waals surface area contributed by atoms with E-state index in [2.05, 4.69) is 29.7 Å². The molecule has 2 N–H and O–H groups in total. The van der Waals surface area contributed by atoms with Crippen LogP contribution >= 0.6 is 0 Å². The second-order valence-electron chi connectivity index (χ2n) is 6.52. The van der Waals surface area contributed by atoms with Gasteiger partial charge in [-0.2, -0.15) is 0 Å². The van der Waals surface area contributed by atoms with Crippen molar-refractivity contribution in [1.82, 2.24) is 4.90 Å². The maximum absolute atomic E-state index is 6.17. The lowest BCUT2D eigenvalue weighted by Crippen LogP contribution is -2.49. The van der Waals surface area contributed by atoms with Gasteiger partial charge in [-0.1, -0.05) is 6.07 Å². The molecule has 0 spiro atoms. The van der Waals surface area contributed by atoms with Gasteiger partial charge >= 0.3 is 0 Å². The van der Waals surface area contributed by atoms with E-state index in [4.69, 9.17) is 10.5 Å². The third-order valence-electron chi connectivity index (χ3n) is 5.46. The zero-order valence-electron chi connectivity index (χ0n) is 13.0. The van der Waals surface area contributed by atoms with Crippen LogP contribution in [-0.2, 0) is 6.42 Å². The third-order valence-corrected chi connectivity index (χ3v) is 5.46. The fourth-order valence-electron chi connectivity index (χ4n) is 4.17. The van der Waals surface area contributed by atoms with Crippen LogP contribution in [0.1, 0.15) is 31.2 Å². The lowest BCUT2D eigenvalue weighted by molar-refractivity contribution is 0.0562. The predicted octanol–water partition coefficient (Wildman–Crippen LogP) is 2.72. The highest BCUT2D eigenvalue weighted by molar-refractivity contribution is 5.51. The minimum atomic E-state index is -0.0329. The standard InChI is InChI=1S/C17H25N3O/c1-19-17-7-6-14(20(17)2)9-12(11-17)8-13-4-5-15(21-3)10-16(13)18/h4-5,10,12,14H,1,6-9,11,18H2,2-3H3/t12?,14-,17+/m0/s1. The Morgan fingerprint density at radius 2 is 2.33 bits per heavy atom. The largest absolute Gasteiger partial charge is 0.497 e. The van der Waals surface area contributed by atoms with Crippen LogP contribution in [0.5, 0.6) is 5.75 Å². The highest BCUT2D eigenvalue weighted by Gasteiger charge is 2.49. The summed E-state index contributed by atoms with van der Waals surface area (Å²) < 4.78 is 5.22. The van der Waals surface area contributed by atoms with Crippen molar-refractivity contribution in [3.05, 3.63) is 23.8 Å². The first kappa shape index (κ1) is 14.4. The topological polar surface area (TPSA) is 50.9 Å². The summed E-state index contributed by atoms with van der Waals surface area (Å²) in [5.74, 6) is 1.46. The summed E-state index contributed by atoms with van der Waals surface area (Å²) in [6.07, 6.45) is 5.74. The van der Waals surface area contributed by atoms with Gasteiger partial charge < -0.3 is 10.5 Å². The summed E-state index contributed by atoms with van der Waals surface area (Å²) in [5, 5.41) is 0. The van der Waals surface area contributed by atoms with Crippen LogP contribution in [0, 0.1) is 5.92 Å². The van der Waals surface area contributed by atoms with Crippen LogP contribution in [0.3, 0.4) is 0 Å². The molecule has 1 aromatic rings. The van der Waals surface area contributed by atoms with Crippen molar-refractivity contribution in [2.75, 3.05) is 19.9 Å². The fraction of sp³-hybridized carbons (Fsp3) is 0.588. The van der Waals surface area contributed by atoms with E-state index < -0.39 is 0 Å². The molecule has 0 aliphatic carbocycles. The molecule has 2 saturated heterocycles. The summed E-state index contributed by atoms with van der Waals surface area (Å²) >= 11 is 0. The molecule has 4 nitrogen and oxygen atoms in total. The highest BCUT2D eigenvalue weighted by atomic mass is 16.5. The van der Waals surface area contributed by atoms with Gasteiger partial charge in [-0.25, -0.2) is 0 Å². The van der Waals surface area contributed by atoms with E-state index in [1.165, 1.54) is 18.4 Å². The monoisotopic (exact) mass is 287 g/mol. The van der Waals surface area contributed by atoms with Crippen LogP contribution in [0.2, 0.25) is 0 Å². The van der Waals surface area contributed by atoms with Crippen molar-refractivity contribution in [1.29, 1.82) is 0 Å². The predicted molar refractivity (Wildman–Crippen MR) is 86.9 cm³/mol. The highest BCUT2D eigenvalue weighted by Crippen LogP contribution is 2.47. The third kappa shape index (κ3) is 2.42. The molecule has 2 aliphatic heterocycles. The van der Waals surface area contributed by atoms with Gasteiger partial charge in [0.05, 0.1) is 7.11 Å². The van der Waals surface area contributed by atoms with Gasteiger partial charge in [0.25, 0.3) is 0 Å². The van der Waals surface area contributed by atoms with Crippen molar-refractivity contribution < 1.29 is 4.74 Å². The fourth-order valence-corrected chi connectivity index (χ4v) is 4.17. The Morgan fingerprint density at radius 3 is 3.00 bits per heavy atom. The number of nitrogens with zero attached hydrogens (tertiary/aromatic N) is 2. The molecule has 2 bridgehead atoms. The molecule has 21 heavy (non-hydrogen) atoms. The average molecular weight is 287 g/mol. The first-order valence-corrected chi connectivity index (χ1v) is 7.71. The number of rotatable bonds is 4. The number of aliphatic imine (C=N–C) groups is 1. The van der Waals surface area contributed by atoms with Gasteiger partial charge in [0.2, 0.25) is 0 Å². The van der Waals surface area contributed by atoms with E-state index in [-0.39, 0.29) is 5.66 Å². The molecule has 3 atom stereocenters. The van der Waals surface area contributed by atoms with Crippen LogP contribution in [0.4, 0.5) is 5.69 Å². The Bertz CT molecular complexity index is 545. The van der Waals surface area contributed by atoms with Gasteiger partial charge in [-0.15, -0.1) is 0 Å². The summed E-state index contributed by atoms with van der Waals surface area (Å²) in [7, 11) is 3.87. The number of hydrogen-bond acceptors (Lipinski definition) is 4. The summed E-state index contributed by atoms with van der Waals surface area (Å²) in [6.45, 7) is 3.85. The van der Waals surface area contributed by atoms with Crippen LogP contribution < -0.4 is 10.5 Å². The van der Waals surface area contributed by atoms with E-state index in [0.717, 1.165) is 30.7 Å². The molecule has 0 aromatic heterocycles. The molecule has 0 saturated carbocycles. The van der Waals surface area contributed by atoms with Gasteiger partial charge in [0.1, 0.15) is 11.4 Å². The second-order valence-corrected chi connectivity index (χ2v) is 6.52. The Hall–Kier alpha value is -1.55. The van der Waals surface area contributed by atoms with Gasteiger partial charge in [-0.05, 0) is 63.4 Å².